The van der Waals surface area contributed by atoms with Crippen molar-refractivity contribution in [1.82, 2.24) is 9.97 Å². The molecule has 5 heteroatoms. The molecule has 0 spiro atoms. The number of hydrogen-bond donors (Lipinski definition) is 2. The molecule has 0 unspecified atom stereocenters. The van der Waals surface area contributed by atoms with Crippen molar-refractivity contribution in [3.8, 4) is 0 Å². The third-order valence-corrected chi connectivity index (χ3v) is 2.83. The van der Waals surface area contributed by atoms with E-state index in [0.29, 0.717) is 16.7 Å². The molecule has 0 amide bonds. The van der Waals surface area contributed by atoms with E-state index in [1.54, 1.807) is 18.3 Å². The lowest BCUT2D eigenvalue weighted by Gasteiger charge is -2.08. The summed E-state index contributed by atoms with van der Waals surface area (Å²) >= 11 is 3.30. The number of hydrogen-bond acceptors (Lipinski definition) is 2. The van der Waals surface area contributed by atoms with Gasteiger partial charge in [-0.3, -0.25) is 0 Å². The summed E-state index contributed by atoms with van der Waals surface area (Å²) in [6.07, 6.45) is 1.73. The summed E-state index contributed by atoms with van der Waals surface area (Å²) < 4.78 is 14.2. The first kappa shape index (κ1) is 11.1. The highest BCUT2D eigenvalue weighted by Crippen LogP contribution is 2.25. The van der Waals surface area contributed by atoms with Gasteiger partial charge in [-0.2, -0.15) is 0 Å². The molecule has 1 aromatic carbocycles. The van der Waals surface area contributed by atoms with Crippen molar-refractivity contribution >= 4 is 21.6 Å². The minimum atomic E-state index is -0.273. The maximum Gasteiger partial charge on any atom is 0.147 e. The number of H-pyrrole nitrogens is 1. The highest BCUT2D eigenvalue weighted by molar-refractivity contribution is 9.10. The maximum absolute atomic E-state index is 13.4. The monoisotopic (exact) mass is 283 g/mol. The number of aromatic nitrogens is 2. The van der Waals surface area contributed by atoms with Crippen molar-refractivity contribution < 1.29 is 4.39 Å². The van der Waals surface area contributed by atoms with Crippen LogP contribution in [0.15, 0.2) is 28.9 Å². The Bertz CT molecular complexity index is 475. The quantitative estimate of drug-likeness (QED) is 0.908. The molecule has 0 aliphatic heterocycles. The second-order valence-electron chi connectivity index (χ2n) is 3.44. The van der Waals surface area contributed by atoms with E-state index in [0.717, 1.165) is 11.5 Å². The molecule has 0 bridgehead atoms. The van der Waals surface area contributed by atoms with Gasteiger partial charge in [0, 0.05) is 4.47 Å². The Hall–Kier alpha value is -1.36. The van der Waals surface area contributed by atoms with Crippen LogP contribution in [0.25, 0.3) is 0 Å². The highest BCUT2D eigenvalue weighted by atomic mass is 79.9. The molecular formula is C11H11BrFN3. The second kappa shape index (κ2) is 4.65. The normalized spacial score (nSPS) is 10.4. The molecule has 0 aliphatic carbocycles. The number of halogens is 2. The van der Waals surface area contributed by atoms with Crippen LogP contribution in [0.5, 0.6) is 0 Å². The fourth-order valence-corrected chi connectivity index (χ4v) is 1.89. The van der Waals surface area contributed by atoms with Crippen LogP contribution >= 0.6 is 15.9 Å². The van der Waals surface area contributed by atoms with Gasteiger partial charge in [-0.25, -0.2) is 9.37 Å². The van der Waals surface area contributed by atoms with Gasteiger partial charge in [-0.1, -0.05) is 6.07 Å². The summed E-state index contributed by atoms with van der Waals surface area (Å²) in [5, 5.41) is 3.02. The fourth-order valence-electron chi connectivity index (χ4n) is 1.41. The van der Waals surface area contributed by atoms with Gasteiger partial charge in [0.2, 0.25) is 0 Å². The molecule has 16 heavy (non-hydrogen) atoms. The van der Waals surface area contributed by atoms with Crippen LogP contribution in [0.4, 0.5) is 10.1 Å². The predicted octanol–water partition coefficient (Wildman–Crippen LogP) is 3.23. The van der Waals surface area contributed by atoms with Crippen LogP contribution in [-0.4, -0.2) is 9.97 Å². The lowest BCUT2D eigenvalue weighted by Crippen LogP contribution is -2.02. The summed E-state index contributed by atoms with van der Waals surface area (Å²) in [4.78, 5) is 7.15. The molecule has 84 valence electrons. The molecule has 1 heterocycles. The molecule has 2 aromatic rings. The fraction of sp³-hybridized carbons (Fsp3) is 0.182. The van der Waals surface area contributed by atoms with E-state index in [9.17, 15) is 4.39 Å². The van der Waals surface area contributed by atoms with Gasteiger partial charge < -0.3 is 10.3 Å². The predicted molar refractivity (Wildman–Crippen MR) is 64.8 cm³/mol. The molecule has 0 aliphatic rings. The van der Waals surface area contributed by atoms with Crippen molar-refractivity contribution in [3.05, 3.63) is 46.2 Å². The molecule has 0 saturated heterocycles. The highest BCUT2D eigenvalue weighted by Gasteiger charge is 2.06. The first-order valence-electron chi connectivity index (χ1n) is 4.85. The molecule has 1 aromatic heterocycles. The Morgan fingerprint density at radius 1 is 1.50 bits per heavy atom. The van der Waals surface area contributed by atoms with Crippen LogP contribution in [-0.2, 0) is 6.54 Å². The van der Waals surface area contributed by atoms with Gasteiger partial charge in [0.15, 0.2) is 0 Å². The Balaban J connectivity index is 2.10. The van der Waals surface area contributed by atoms with Crippen LogP contribution in [0.1, 0.15) is 11.5 Å². The summed E-state index contributed by atoms with van der Waals surface area (Å²) in [7, 11) is 0. The number of benzene rings is 1. The molecule has 2 N–H and O–H groups in total. The van der Waals surface area contributed by atoms with Gasteiger partial charge >= 0.3 is 0 Å². The standard InChI is InChI=1S/C11H11BrFN3/c1-7-14-5-8(16-7)6-15-11-9(12)3-2-4-10(11)13/h2-5,15H,6H2,1H3,(H,14,16). The molecule has 2 rings (SSSR count). The number of imidazole rings is 1. The van der Waals surface area contributed by atoms with Gasteiger partial charge in [0.25, 0.3) is 0 Å². The maximum atomic E-state index is 13.4. The minimum Gasteiger partial charge on any atom is -0.376 e. The SMILES string of the molecule is Cc1ncc(CNc2c(F)cccc2Br)[nH]1. The Kier molecular flexibility index (Phi) is 3.24. The van der Waals surface area contributed by atoms with E-state index in [-0.39, 0.29) is 5.82 Å². The van der Waals surface area contributed by atoms with E-state index in [1.807, 2.05) is 6.92 Å². The third kappa shape index (κ3) is 2.41. The lowest BCUT2D eigenvalue weighted by atomic mass is 10.3. The van der Waals surface area contributed by atoms with Crippen molar-refractivity contribution in [2.75, 3.05) is 5.32 Å². The number of para-hydroxylation sites is 1. The molecule has 3 nitrogen and oxygen atoms in total. The van der Waals surface area contributed by atoms with E-state index in [1.165, 1.54) is 6.07 Å². The van der Waals surface area contributed by atoms with Crippen molar-refractivity contribution in [3.63, 3.8) is 0 Å². The number of anilines is 1. The number of aromatic amines is 1. The van der Waals surface area contributed by atoms with Crippen molar-refractivity contribution in [1.29, 1.82) is 0 Å². The zero-order valence-electron chi connectivity index (χ0n) is 8.72. The second-order valence-corrected chi connectivity index (χ2v) is 4.30. The largest absolute Gasteiger partial charge is 0.376 e. The number of nitrogens with zero attached hydrogens (tertiary/aromatic N) is 1. The van der Waals surface area contributed by atoms with E-state index in [4.69, 9.17) is 0 Å². The van der Waals surface area contributed by atoms with Crippen molar-refractivity contribution in [2.24, 2.45) is 0 Å². The molecular weight excluding hydrogens is 273 g/mol. The van der Waals surface area contributed by atoms with Crippen LogP contribution in [0, 0.1) is 12.7 Å². The minimum absolute atomic E-state index is 0.273. The number of aryl methyl sites for hydroxylation is 1. The molecule has 0 saturated carbocycles. The smallest absolute Gasteiger partial charge is 0.147 e. The van der Waals surface area contributed by atoms with Gasteiger partial charge in [-0.15, -0.1) is 0 Å². The first-order valence-corrected chi connectivity index (χ1v) is 5.64. The van der Waals surface area contributed by atoms with Gasteiger partial charge in [-0.05, 0) is 35.0 Å². The van der Waals surface area contributed by atoms with Gasteiger partial charge in [0.05, 0.1) is 24.1 Å². The van der Waals surface area contributed by atoms with Crippen LogP contribution in [0.2, 0.25) is 0 Å². The Morgan fingerprint density at radius 3 is 2.94 bits per heavy atom. The Labute approximate surface area is 101 Å². The van der Waals surface area contributed by atoms with E-state index < -0.39 is 0 Å². The number of rotatable bonds is 3. The van der Waals surface area contributed by atoms with Crippen molar-refractivity contribution in [2.45, 2.75) is 13.5 Å². The Morgan fingerprint density at radius 2 is 2.31 bits per heavy atom. The third-order valence-electron chi connectivity index (χ3n) is 2.17. The average Bonchev–Trinajstić information content (AvgIpc) is 2.63. The molecule has 0 fully saturated rings. The van der Waals surface area contributed by atoms with E-state index >= 15 is 0 Å². The van der Waals surface area contributed by atoms with Crippen LogP contribution < -0.4 is 5.32 Å². The molecule has 0 atom stereocenters. The summed E-state index contributed by atoms with van der Waals surface area (Å²) in [5.41, 5.74) is 1.39. The zero-order valence-corrected chi connectivity index (χ0v) is 10.3. The van der Waals surface area contributed by atoms with Crippen LogP contribution in [0.3, 0.4) is 0 Å². The topological polar surface area (TPSA) is 40.7 Å². The van der Waals surface area contributed by atoms with E-state index in [2.05, 4.69) is 31.2 Å². The number of nitrogens with one attached hydrogen (secondary N) is 2. The van der Waals surface area contributed by atoms with Gasteiger partial charge in [0.1, 0.15) is 11.6 Å². The summed E-state index contributed by atoms with van der Waals surface area (Å²) in [6.45, 7) is 2.39. The summed E-state index contributed by atoms with van der Waals surface area (Å²) in [5.74, 6) is 0.579. The zero-order chi connectivity index (χ0) is 11.5. The summed E-state index contributed by atoms with van der Waals surface area (Å²) in [6, 6.07) is 4.87. The lowest BCUT2D eigenvalue weighted by molar-refractivity contribution is 0.629. The first-order chi connectivity index (χ1) is 7.66. The average molecular weight is 284 g/mol. The molecule has 0 radical (unpaired) electrons.